The van der Waals surface area contributed by atoms with Gasteiger partial charge in [0.1, 0.15) is 11.6 Å². The van der Waals surface area contributed by atoms with Crippen LogP contribution in [0, 0.1) is 0 Å². The minimum Gasteiger partial charge on any atom is -0.472 e. The number of nitrogens with zero attached hydrogens (tertiary/aromatic N) is 1. The summed E-state index contributed by atoms with van der Waals surface area (Å²) in [6.45, 7) is 0.728. The van der Waals surface area contributed by atoms with Crippen molar-refractivity contribution in [2.45, 2.75) is 13.2 Å². The van der Waals surface area contributed by atoms with Gasteiger partial charge in [0.05, 0.1) is 0 Å². The molecule has 2 aromatic rings. The Hall–Kier alpha value is -1.29. The number of rotatable bonds is 4. The molecule has 1 aromatic carbocycles. The lowest BCUT2D eigenvalue weighted by Gasteiger charge is -2.08. The number of ether oxygens (including phenoxy) is 1. The van der Waals surface area contributed by atoms with Crippen LogP contribution in [0.5, 0.6) is 5.88 Å². The van der Waals surface area contributed by atoms with Gasteiger partial charge in [0.25, 0.3) is 0 Å². The summed E-state index contributed by atoms with van der Waals surface area (Å²) in [6.07, 6.45) is 1.65. The lowest BCUT2D eigenvalue weighted by atomic mass is 10.2. The van der Waals surface area contributed by atoms with Crippen LogP contribution in [0.2, 0.25) is 10.0 Å². The summed E-state index contributed by atoms with van der Waals surface area (Å²) in [5, 5.41) is 1.11. The Kier molecular flexibility index (Phi) is 4.42. The predicted octanol–water partition coefficient (Wildman–Crippen LogP) is 3.43. The molecule has 0 aliphatic rings. The quantitative estimate of drug-likeness (QED) is 0.935. The molecule has 0 fully saturated rings. The molecule has 0 bridgehead atoms. The van der Waals surface area contributed by atoms with Crippen molar-refractivity contribution in [3.63, 3.8) is 0 Å². The number of halogens is 2. The van der Waals surface area contributed by atoms with Crippen LogP contribution >= 0.6 is 23.2 Å². The second kappa shape index (κ2) is 6.05. The molecule has 1 aromatic heterocycles. The molecule has 0 radical (unpaired) electrons. The molecule has 18 heavy (non-hydrogen) atoms. The molecule has 5 heteroatoms. The zero-order chi connectivity index (χ0) is 13.0. The highest BCUT2D eigenvalue weighted by molar-refractivity contribution is 6.32. The van der Waals surface area contributed by atoms with Gasteiger partial charge in [-0.1, -0.05) is 41.4 Å². The monoisotopic (exact) mass is 282 g/mol. The molecule has 0 saturated heterocycles. The summed E-state index contributed by atoms with van der Waals surface area (Å²) in [7, 11) is 0. The van der Waals surface area contributed by atoms with E-state index >= 15 is 0 Å². The lowest BCUT2D eigenvalue weighted by Crippen LogP contribution is -2.01. The maximum atomic E-state index is 6.04. The maximum Gasteiger partial charge on any atom is 0.232 e. The summed E-state index contributed by atoms with van der Waals surface area (Å²) in [4.78, 5) is 4.12. The molecule has 0 aliphatic carbocycles. The molecule has 2 N–H and O–H groups in total. The van der Waals surface area contributed by atoms with Gasteiger partial charge in [0.15, 0.2) is 0 Å². The molecule has 1 heterocycles. The summed E-state index contributed by atoms with van der Waals surface area (Å²) in [5.74, 6) is 0.383. The molecule has 0 saturated carbocycles. The van der Waals surface area contributed by atoms with Crippen molar-refractivity contribution < 1.29 is 4.74 Å². The molecule has 0 amide bonds. The molecular weight excluding hydrogens is 271 g/mol. The van der Waals surface area contributed by atoms with Crippen molar-refractivity contribution in [3.8, 4) is 5.88 Å². The first kappa shape index (κ1) is 13.1. The van der Waals surface area contributed by atoms with Crippen molar-refractivity contribution in [3.05, 3.63) is 57.7 Å². The largest absolute Gasteiger partial charge is 0.472 e. The zero-order valence-corrected chi connectivity index (χ0v) is 11.1. The first-order valence-electron chi connectivity index (χ1n) is 5.41. The molecule has 0 aliphatic heterocycles. The standard InChI is InChI=1S/C13H12Cl2N2O/c14-11-4-2-1-3-10(11)8-18-13-12(15)5-9(6-16)7-17-13/h1-5,7H,6,8,16H2. The van der Waals surface area contributed by atoms with Gasteiger partial charge < -0.3 is 10.5 Å². The van der Waals surface area contributed by atoms with E-state index in [1.54, 1.807) is 12.3 Å². The first-order chi connectivity index (χ1) is 8.70. The Labute approximate surface area is 115 Å². The Morgan fingerprint density at radius 1 is 1.17 bits per heavy atom. The molecule has 0 unspecified atom stereocenters. The van der Waals surface area contributed by atoms with Crippen LogP contribution in [0.15, 0.2) is 36.5 Å². The average Bonchev–Trinajstić information content (AvgIpc) is 2.39. The molecule has 94 valence electrons. The van der Waals surface area contributed by atoms with E-state index in [1.165, 1.54) is 0 Å². The molecule has 2 rings (SSSR count). The topological polar surface area (TPSA) is 48.1 Å². The van der Waals surface area contributed by atoms with Gasteiger partial charge in [-0.15, -0.1) is 0 Å². The number of aromatic nitrogens is 1. The SMILES string of the molecule is NCc1cnc(OCc2ccccc2Cl)c(Cl)c1. The van der Waals surface area contributed by atoms with Crippen molar-refractivity contribution in [1.82, 2.24) is 4.98 Å². The van der Waals surface area contributed by atoms with Gasteiger partial charge in [0.2, 0.25) is 5.88 Å². The van der Waals surface area contributed by atoms with Crippen LogP contribution in [-0.4, -0.2) is 4.98 Å². The molecule has 0 spiro atoms. The minimum absolute atomic E-state index is 0.328. The van der Waals surface area contributed by atoms with E-state index in [0.29, 0.717) is 29.1 Å². The summed E-state index contributed by atoms with van der Waals surface area (Å²) < 4.78 is 5.53. The Bertz CT molecular complexity index is 546. The highest BCUT2D eigenvalue weighted by Crippen LogP contribution is 2.24. The van der Waals surface area contributed by atoms with Crippen molar-refractivity contribution in [2.75, 3.05) is 0 Å². The average molecular weight is 283 g/mol. The fourth-order valence-corrected chi connectivity index (χ4v) is 1.88. The first-order valence-corrected chi connectivity index (χ1v) is 6.17. The van der Waals surface area contributed by atoms with Crippen molar-refractivity contribution in [1.29, 1.82) is 0 Å². The fourth-order valence-electron chi connectivity index (χ4n) is 1.44. The third kappa shape index (κ3) is 3.13. The Balaban J connectivity index is 2.09. The van der Waals surface area contributed by atoms with Gasteiger partial charge in [-0.25, -0.2) is 4.98 Å². The summed E-state index contributed by atoms with van der Waals surface area (Å²) >= 11 is 12.1. The molecule has 0 atom stereocenters. The van der Waals surface area contributed by atoms with Crippen LogP contribution in [0.25, 0.3) is 0 Å². The third-order valence-corrected chi connectivity index (χ3v) is 3.06. The number of pyridine rings is 1. The summed E-state index contributed by atoms with van der Waals surface area (Å²) in [5.41, 5.74) is 7.25. The lowest BCUT2D eigenvalue weighted by molar-refractivity contribution is 0.294. The van der Waals surface area contributed by atoms with Gasteiger partial charge in [-0.2, -0.15) is 0 Å². The van der Waals surface area contributed by atoms with Crippen LogP contribution < -0.4 is 10.5 Å². The molecular formula is C13H12Cl2N2O. The van der Waals surface area contributed by atoms with Crippen LogP contribution in [0.3, 0.4) is 0 Å². The number of nitrogens with two attached hydrogens (primary N) is 1. The van der Waals surface area contributed by atoms with E-state index in [-0.39, 0.29) is 0 Å². The maximum absolute atomic E-state index is 6.04. The van der Waals surface area contributed by atoms with Gasteiger partial charge in [-0.05, 0) is 17.7 Å². The predicted molar refractivity (Wildman–Crippen MR) is 72.9 cm³/mol. The number of hydrogen-bond donors (Lipinski definition) is 1. The van der Waals surface area contributed by atoms with Gasteiger partial charge in [-0.3, -0.25) is 0 Å². The molecule has 3 nitrogen and oxygen atoms in total. The second-order valence-electron chi connectivity index (χ2n) is 3.71. The van der Waals surface area contributed by atoms with Crippen molar-refractivity contribution >= 4 is 23.2 Å². The number of benzene rings is 1. The Morgan fingerprint density at radius 3 is 2.61 bits per heavy atom. The number of hydrogen-bond acceptors (Lipinski definition) is 3. The Morgan fingerprint density at radius 2 is 1.94 bits per heavy atom. The van der Waals surface area contributed by atoms with Crippen LogP contribution in [0.1, 0.15) is 11.1 Å². The van der Waals surface area contributed by atoms with Gasteiger partial charge in [0, 0.05) is 23.3 Å². The van der Waals surface area contributed by atoms with Crippen LogP contribution in [-0.2, 0) is 13.2 Å². The normalized spacial score (nSPS) is 10.4. The third-order valence-electron chi connectivity index (χ3n) is 2.42. The minimum atomic E-state index is 0.328. The fraction of sp³-hybridized carbons (Fsp3) is 0.154. The van der Waals surface area contributed by atoms with E-state index in [1.807, 2.05) is 24.3 Å². The highest BCUT2D eigenvalue weighted by Gasteiger charge is 2.06. The van der Waals surface area contributed by atoms with Gasteiger partial charge >= 0.3 is 0 Å². The van der Waals surface area contributed by atoms with Crippen molar-refractivity contribution in [2.24, 2.45) is 5.73 Å². The van der Waals surface area contributed by atoms with E-state index in [2.05, 4.69) is 4.98 Å². The summed E-state index contributed by atoms with van der Waals surface area (Å²) in [6, 6.07) is 9.22. The second-order valence-corrected chi connectivity index (χ2v) is 4.53. The van der Waals surface area contributed by atoms with E-state index in [9.17, 15) is 0 Å². The zero-order valence-electron chi connectivity index (χ0n) is 9.57. The smallest absolute Gasteiger partial charge is 0.232 e. The van der Waals surface area contributed by atoms with E-state index < -0.39 is 0 Å². The highest BCUT2D eigenvalue weighted by atomic mass is 35.5. The van der Waals surface area contributed by atoms with E-state index in [4.69, 9.17) is 33.7 Å². The van der Waals surface area contributed by atoms with E-state index in [0.717, 1.165) is 11.1 Å². The van der Waals surface area contributed by atoms with Crippen LogP contribution in [0.4, 0.5) is 0 Å².